The molecule has 1 aromatic rings. The minimum atomic E-state index is -2.60. The highest BCUT2D eigenvalue weighted by Gasteiger charge is 2.43. The van der Waals surface area contributed by atoms with Crippen LogP contribution in [0.4, 0.5) is 8.78 Å². The Morgan fingerprint density at radius 3 is 2.50 bits per heavy atom. The molecule has 1 atom stereocenters. The van der Waals surface area contributed by atoms with E-state index < -0.39 is 5.92 Å². The first-order valence-electron chi connectivity index (χ1n) is 6.18. The van der Waals surface area contributed by atoms with E-state index in [0.717, 1.165) is 0 Å². The fourth-order valence-electron chi connectivity index (χ4n) is 2.60. The Morgan fingerprint density at radius 2 is 2.06 bits per heavy atom. The van der Waals surface area contributed by atoms with E-state index >= 15 is 0 Å². The molecule has 0 aromatic carbocycles. The van der Waals surface area contributed by atoms with Crippen LogP contribution in [0.3, 0.4) is 0 Å². The van der Waals surface area contributed by atoms with Gasteiger partial charge in [0.1, 0.15) is 12.4 Å². The molecule has 0 radical (unpaired) electrons. The Bertz CT molecular complexity index is 437. The molecule has 1 N–H and O–H groups in total. The average molecular weight is 259 g/mol. The second-order valence-corrected chi connectivity index (χ2v) is 5.93. The summed E-state index contributed by atoms with van der Waals surface area (Å²) in [4.78, 5) is 0. The van der Waals surface area contributed by atoms with Crippen LogP contribution in [-0.2, 0) is 12.1 Å². The molecule has 1 aliphatic carbocycles. The minimum Gasteiger partial charge on any atom is -0.388 e. The third-order valence-corrected chi connectivity index (χ3v) is 3.34. The van der Waals surface area contributed by atoms with Gasteiger partial charge in [0, 0.05) is 24.3 Å². The molecule has 1 fully saturated rings. The van der Waals surface area contributed by atoms with Gasteiger partial charge in [0.25, 0.3) is 0 Å². The fraction of sp³-hybridized carbons (Fsp3) is 0.833. The van der Waals surface area contributed by atoms with Crippen molar-refractivity contribution in [3.63, 3.8) is 0 Å². The van der Waals surface area contributed by atoms with Crippen LogP contribution < -0.4 is 0 Å². The second-order valence-electron chi connectivity index (χ2n) is 5.93. The van der Waals surface area contributed by atoms with Gasteiger partial charge in [-0.2, -0.15) is 0 Å². The van der Waals surface area contributed by atoms with Gasteiger partial charge in [-0.05, 0) is 27.2 Å². The van der Waals surface area contributed by atoms with Crippen LogP contribution in [0.1, 0.15) is 57.6 Å². The molecule has 1 saturated carbocycles. The Kier molecular flexibility index (Phi) is 3.17. The Labute approximate surface area is 105 Å². The highest BCUT2D eigenvalue weighted by Crippen LogP contribution is 2.44. The normalized spacial score (nSPS) is 23.6. The van der Waals surface area contributed by atoms with Gasteiger partial charge in [0.2, 0.25) is 5.92 Å². The minimum absolute atomic E-state index is 0.0941. The summed E-state index contributed by atoms with van der Waals surface area (Å²) in [6, 6.07) is 0. The molecule has 1 unspecified atom stereocenters. The van der Waals surface area contributed by atoms with Crippen molar-refractivity contribution in [2.75, 3.05) is 0 Å². The molecule has 0 aliphatic heterocycles. The zero-order chi connectivity index (χ0) is 13.6. The second kappa shape index (κ2) is 4.26. The van der Waals surface area contributed by atoms with E-state index in [1.807, 2.05) is 20.8 Å². The van der Waals surface area contributed by atoms with Crippen molar-refractivity contribution in [3.8, 4) is 0 Å². The zero-order valence-corrected chi connectivity index (χ0v) is 11.0. The third-order valence-electron chi connectivity index (χ3n) is 3.34. The largest absolute Gasteiger partial charge is 0.388 e. The molecule has 0 spiro atoms. The van der Waals surface area contributed by atoms with Gasteiger partial charge in [0.15, 0.2) is 5.82 Å². The maximum absolute atomic E-state index is 13.3. The number of aliphatic hydroxyl groups is 1. The Hall–Kier alpha value is -1.04. The van der Waals surface area contributed by atoms with Gasteiger partial charge >= 0.3 is 0 Å². The number of rotatable bonds is 2. The van der Waals surface area contributed by atoms with Crippen LogP contribution in [0.5, 0.6) is 0 Å². The summed E-state index contributed by atoms with van der Waals surface area (Å²) in [5.41, 5.74) is -0.325. The highest BCUT2D eigenvalue weighted by atomic mass is 19.3. The van der Waals surface area contributed by atoms with Crippen LogP contribution in [0.15, 0.2) is 0 Å². The third kappa shape index (κ3) is 2.39. The lowest BCUT2D eigenvalue weighted by molar-refractivity contribution is 0.00733. The summed E-state index contributed by atoms with van der Waals surface area (Å²) in [5, 5.41) is 17.2. The summed E-state index contributed by atoms with van der Waals surface area (Å²) in [5.74, 6) is -1.86. The first-order valence-corrected chi connectivity index (χ1v) is 6.18. The van der Waals surface area contributed by atoms with Gasteiger partial charge in [-0.3, -0.25) is 0 Å². The maximum atomic E-state index is 13.3. The van der Waals surface area contributed by atoms with Gasteiger partial charge in [-0.1, -0.05) is 0 Å². The molecule has 102 valence electrons. The summed E-state index contributed by atoms with van der Waals surface area (Å²) in [6.07, 6.45) is 0.155. The number of hydrogen-bond donors (Lipinski definition) is 1. The van der Waals surface area contributed by atoms with Gasteiger partial charge < -0.3 is 9.67 Å². The van der Waals surface area contributed by atoms with Crippen molar-refractivity contribution in [2.45, 2.75) is 64.0 Å². The lowest BCUT2D eigenvalue weighted by atomic mass is 10.0. The van der Waals surface area contributed by atoms with Gasteiger partial charge in [-0.15, -0.1) is 10.2 Å². The molecule has 0 bridgehead atoms. The summed E-state index contributed by atoms with van der Waals surface area (Å²) >= 11 is 0. The Morgan fingerprint density at radius 1 is 1.39 bits per heavy atom. The number of halogens is 2. The number of aliphatic hydroxyl groups excluding tert-OH is 1. The quantitative estimate of drug-likeness (QED) is 0.887. The predicted molar refractivity (Wildman–Crippen MR) is 62.5 cm³/mol. The molecule has 2 rings (SSSR count). The van der Waals surface area contributed by atoms with E-state index in [0.29, 0.717) is 18.1 Å². The monoisotopic (exact) mass is 259 g/mol. The van der Waals surface area contributed by atoms with Crippen LogP contribution in [0.2, 0.25) is 0 Å². The number of alkyl halides is 2. The predicted octanol–water partition coefficient (Wildman–Crippen LogP) is 2.43. The van der Waals surface area contributed by atoms with E-state index in [1.165, 1.54) is 0 Å². The van der Waals surface area contributed by atoms with Crippen molar-refractivity contribution < 1.29 is 13.9 Å². The van der Waals surface area contributed by atoms with Crippen molar-refractivity contribution in [1.82, 2.24) is 14.8 Å². The van der Waals surface area contributed by atoms with Crippen LogP contribution in [-0.4, -0.2) is 25.8 Å². The van der Waals surface area contributed by atoms with E-state index in [2.05, 4.69) is 10.2 Å². The number of nitrogens with zero attached hydrogens (tertiary/aromatic N) is 3. The Balaban J connectivity index is 2.37. The molecule has 1 aliphatic rings. The molecule has 4 nitrogen and oxygen atoms in total. The molecule has 0 amide bonds. The summed E-state index contributed by atoms with van der Waals surface area (Å²) in [6.45, 7) is 5.62. The molecule has 0 saturated heterocycles. The number of hydrogen-bond acceptors (Lipinski definition) is 3. The maximum Gasteiger partial charge on any atom is 0.248 e. The standard InChI is InChI=1S/C12H19F2N3O/c1-11(2,3)17-9(7-18)15-16-10(17)8-4-5-12(13,14)6-8/h8,18H,4-7H2,1-3H3. The fourth-order valence-corrected chi connectivity index (χ4v) is 2.60. The SMILES string of the molecule is CC(C)(C)n1c(CO)nnc1C1CCC(F)(F)C1. The molecule has 1 heterocycles. The topological polar surface area (TPSA) is 50.9 Å². The number of aromatic nitrogens is 3. The zero-order valence-electron chi connectivity index (χ0n) is 11.0. The van der Waals surface area contributed by atoms with Crippen molar-refractivity contribution in [2.24, 2.45) is 0 Å². The van der Waals surface area contributed by atoms with Crippen molar-refractivity contribution >= 4 is 0 Å². The highest BCUT2D eigenvalue weighted by molar-refractivity contribution is 5.09. The summed E-state index contributed by atoms with van der Waals surface area (Å²) < 4.78 is 28.4. The van der Waals surface area contributed by atoms with Crippen molar-refractivity contribution in [3.05, 3.63) is 11.6 Å². The first-order chi connectivity index (χ1) is 8.24. The van der Waals surface area contributed by atoms with E-state index in [4.69, 9.17) is 0 Å². The molecule has 18 heavy (non-hydrogen) atoms. The van der Waals surface area contributed by atoms with Crippen molar-refractivity contribution in [1.29, 1.82) is 0 Å². The van der Waals surface area contributed by atoms with Crippen LogP contribution in [0.25, 0.3) is 0 Å². The lowest BCUT2D eigenvalue weighted by Crippen LogP contribution is -2.27. The van der Waals surface area contributed by atoms with Gasteiger partial charge in [-0.25, -0.2) is 8.78 Å². The summed E-state index contributed by atoms with van der Waals surface area (Å²) in [7, 11) is 0. The molecule has 6 heteroatoms. The van der Waals surface area contributed by atoms with E-state index in [1.54, 1.807) is 4.57 Å². The molecule has 1 aromatic heterocycles. The van der Waals surface area contributed by atoms with E-state index in [9.17, 15) is 13.9 Å². The lowest BCUT2D eigenvalue weighted by Gasteiger charge is -2.26. The molecular formula is C12H19F2N3O. The molecular weight excluding hydrogens is 240 g/mol. The smallest absolute Gasteiger partial charge is 0.248 e. The van der Waals surface area contributed by atoms with E-state index in [-0.39, 0.29) is 30.9 Å². The van der Waals surface area contributed by atoms with Gasteiger partial charge in [0.05, 0.1) is 0 Å². The van der Waals surface area contributed by atoms with Crippen LogP contribution >= 0.6 is 0 Å². The average Bonchev–Trinajstić information content (AvgIpc) is 2.79. The van der Waals surface area contributed by atoms with Crippen LogP contribution in [0, 0.1) is 0 Å². The first kappa shape index (κ1) is 13.4.